The Morgan fingerprint density at radius 1 is 1.03 bits per heavy atom. The Hall–Kier alpha value is -2.58. The zero-order chi connectivity index (χ0) is 21.6. The van der Waals surface area contributed by atoms with Gasteiger partial charge in [-0.05, 0) is 64.1 Å². The first-order valence-electron chi connectivity index (χ1n) is 11.4. The molecule has 0 aliphatic carbocycles. The number of carbonyl (C=O) groups is 1. The molecule has 159 valence electrons. The summed E-state index contributed by atoms with van der Waals surface area (Å²) in [6.07, 6.45) is 8.61. The Labute approximate surface area is 189 Å². The number of hydrogen-bond donors (Lipinski definition) is 1. The number of benzene rings is 3. The van der Waals surface area contributed by atoms with Gasteiger partial charge in [0.1, 0.15) is 0 Å². The molecule has 0 N–H and O–H groups in total. The number of carbonyl (C=O) groups excluding carboxylic acids is 1. The van der Waals surface area contributed by atoms with E-state index in [1.54, 1.807) is 0 Å². The molecule has 31 heavy (non-hydrogen) atoms. The van der Waals surface area contributed by atoms with Crippen LogP contribution in [0.2, 0.25) is 0 Å². The highest BCUT2D eigenvalue weighted by molar-refractivity contribution is 8.20. The minimum absolute atomic E-state index is 0.0360. The van der Waals surface area contributed by atoms with Crippen molar-refractivity contribution in [1.29, 1.82) is 0 Å². The maximum Gasteiger partial charge on any atom is 0.193 e. The molecule has 0 bridgehead atoms. The molecular weight excluding hydrogens is 396 g/mol. The summed E-state index contributed by atoms with van der Waals surface area (Å²) in [5.41, 5.74) is 4.15. The fourth-order valence-corrected chi connectivity index (χ4v) is 6.38. The van der Waals surface area contributed by atoms with Gasteiger partial charge in [-0.3, -0.25) is 4.79 Å². The third kappa shape index (κ3) is 5.02. The van der Waals surface area contributed by atoms with Crippen molar-refractivity contribution < 1.29 is 4.79 Å². The number of thiol groups is 1. The van der Waals surface area contributed by atoms with Crippen LogP contribution in [0.4, 0.5) is 0 Å². The zero-order valence-corrected chi connectivity index (χ0v) is 19.4. The van der Waals surface area contributed by atoms with Gasteiger partial charge >= 0.3 is 0 Å². The van der Waals surface area contributed by atoms with E-state index in [-0.39, 0.29) is 5.78 Å². The van der Waals surface area contributed by atoms with E-state index in [4.69, 9.17) is 0 Å². The SMILES string of the molecule is CCCCC(CC)Cc1ccc2c(c1)C=C[SH]2c1cc[c]c(C(=O)c2ccccc2)c1. The minimum atomic E-state index is -0.564. The van der Waals surface area contributed by atoms with Crippen molar-refractivity contribution in [2.24, 2.45) is 5.92 Å². The van der Waals surface area contributed by atoms with Crippen molar-refractivity contribution in [1.82, 2.24) is 0 Å². The highest BCUT2D eigenvalue weighted by Gasteiger charge is 2.19. The summed E-state index contributed by atoms with van der Waals surface area (Å²) in [6.45, 7) is 4.59. The Kier molecular flexibility index (Phi) is 7.09. The van der Waals surface area contributed by atoms with E-state index in [9.17, 15) is 4.79 Å². The topological polar surface area (TPSA) is 17.1 Å². The fourth-order valence-electron chi connectivity index (χ4n) is 4.30. The average Bonchev–Trinajstić information content (AvgIpc) is 3.25. The van der Waals surface area contributed by atoms with Crippen molar-refractivity contribution in [3.63, 3.8) is 0 Å². The second-order valence-electron chi connectivity index (χ2n) is 8.36. The van der Waals surface area contributed by atoms with Crippen LogP contribution in [0.1, 0.15) is 66.6 Å². The molecule has 1 heterocycles. The van der Waals surface area contributed by atoms with Gasteiger partial charge in [0.15, 0.2) is 5.78 Å². The third-order valence-corrected chi connectivity index (χ3v) is 8.37. The molecule has 1 aliphatic rings. The average molecular weight is 428 g/mol. The number of ketones is 1. The normalized spacial score (nSPS) is 16.8. The van der Waals surface area contributed by atoms with Crippen LogP contribution in [0.15, 0.2) is 81.9 Å². The monoisotopic (exact) mass is 427 g/mol. The molecule has 0 amide bonds. The van der Waals surface area contributed by atoms with E-state index in [0.717, 1.165) is 5.92 Å². The predicted molar refractivity (Wildman–Crippen MR) is 133 cm³/mol. The van der Waals surface area contributed by atoms with Gasteiger partial charge in [0.05, 0.1) is 0 Å². The number of rotatable bonds is 9. The highest BCUT2D eigenvalue weighted by Crippen LogP contribution is 2.52. The number of fused-ring (bicyclic) bond motifs is 1. The molecule has 1 nitrogen and oxygen atoms in total. The van der Waals surface area contributed by atoms with Crippen LogP contribution >= 0.6 is 10.9 Å². The first-order valence-corrected chi connectivity index (χ1v) is 12.8. The molecule has 2 atom stereocenters. The van der Waals surface area contributed by atoms with Crippen LogP contribution in [-0.4, -0.2) is 5.78 Å². The van der Waals surface area contributed by atoms with Crippen LogP contribution in [0, 0.1) is 12.0 Å². The summed E-state index contributed by atoms with van der Waals surface area (Å²) in [4.78, 5) is 15.5. The van der Waals surface area contributed by atoms with Crippen LogP contribution in [0.3, 0.4) is 0 Å². The summed E-state index contributed by atoms with van der Waals surface area (Å²) in [5.74, 6) is 0.815. The van der Waals surface area contributed by atoms with Crippen LogP contribution in [0.5, 0.6) is 0 Å². The van der Waals surface area contributed by atoms with Gasteiger partial charge < -0.3 is 0 Å². The second-order valence-corrected chi connectivity index (χ2v) is 10.4. The molecule has 0 aromatic heterocycles. The third-order valence-electron chi connectivity index (χ3n) is 6.17. The van der Waals surface area contributed by atoms with E-state index < -0.39 is 10.9 Å². The van der Waals surface area contributed by atoms with E-state index >= 15 is 0 Å². The van der Waals surface area contributed by atoms with Gasteiger partial charge in [0.2, 0.25) is 0 Å². The molecule has 4 rings (SSSR count). The number of hydrogen-bond acceptors (Lipinski definition) is 1. The van der Waals surface area contributed by atoms with Crippen molar-refractivity contribution in [2.45, 2.75) is 55.7 Å². The zero-order valence-electron chi connectivity index (χ0n) is 18.5. The van der Waals surface area contributed by atoms with Gasteiger partial charge in [-0.1, -0.05) is 88.1 Å². The summed E-state index contributed by atoms with van der Waals surface area (Å²) in [7, 11) is -0.564. The molecule has 3 aromatic carbocycles. The van der Waals surface area contributed by atoms with Crippen molar-refractivity contribution in [3.8, 4) is 0 Å². The molecule has 0 saturated heterocycles. The van der Waals surface area contributed by atoms with Crippen molar-refractivity contribution in [3.05, 3.63) is 100 Å². The van der Waals surface area contributed by atoms with Gasteiger partial charge in [-0.15, -0.1) is 0 Å². The van der Waals surface area contributed by atoms with Gasteiger partial charge in [-0.2, -0.15) is 10.9 Å². The Bertz CT molecular complexity index is 1070. The predicted octanol–water partition coefficient (Wildman–Crippen LogP) is 7.88. The summed E-state index contributed by atoms with van der Waals surface area (Å²) in [5, 5.41) is 2.32. The first-order chi connectivity index (χ1) is 15.2. The quantitative estimate of drug-likeness (QED) is 0.271. The first kappa shape index (κ1) is 21.6. The van der Waals surface area contributed by atoms with E-state index in [0.29, 0.717) is 11.1 Å². The van der Waals surface area contributed by atoms with E-state index in [1.807, 2.05) is 42.5 Å². The summed E-state index contributed by atoms with van der Waals surface area (Å²) >= 11 is 0. The fraction of sp³-hybridized carbons (Fsp3) is 0.276. The molecule has 1 aliphatic heterocycles. The minimum Gasteiger partial charge on any atom is -0.289 e. The Morgan fingerprint density at radius 3 is 2.65 bits per heavy atom. The van der Waals surface area contributed by atoms with Crippen LogP contribution in [-0.2, 0) is 6.42 Å². The maximum atomic E-state index is 12.9. The lowest BCUT2D eigenvalue weighted by Gasteiger charge is -2.18. The lowest BCUT2D eigenvalue weighted by Crippen LogP contribution is -2.03. The van der Waals surface area contributed by atoms with E-state index in [2.05, 4.69) is 55.7 Å². The van der Waals surface area contributed by atoms with Gasteiger partial charge in [0, 0.05) is 16.0 Å². The number of unbranched alkanes of at least 4 members (excludes halogenated alkanes) is 1. The largest absolute Gasteiger partial charge is 0.289 e. The molecule has 2 heteroatoms. The van der Waals surface area contributed by atoms with Gasteiger partial charge in [-0.25, -0.2) is 0 Å². The second kappa shape index (κ2) is 10.2. The molecule has 0 fully saturated rings. The lowest BCUT2D eigenvalue weighted by molar-refractivity contribution is 0.103. The van der Waals surface area contributed by atoms with Crippen molar-refractivity contribution >= 4 is 22.8 Å². The smallest absolute Gasteiger partial charge is 0.193 e. The lowest BCUT2D eigenvalue weighted by atomic mass is 9.91. The summed E-state index contributed by atoms with van der Waals surface area (Å²) < 4.78 is 0. The van der Waals surface area contributed by atoms with Crippen molar-refractivity contribution in [2.75, 3.05) is 0 Å². The standard InChI is InChI=1S/C29H31OS/c1-3-5-10-22(4-2)19-23-15-16-28-25(20-23)17-18-31(28)27-14-9-13-26(21-27)29(30)24-11-7-6-8-12-24/h6-9,11-12,14-18,20-22,31H,3-5,10,19H2,1-2H3. The Morgan fingerprint density at radius 2 is 1.87 bits per heavy atom. The maximum absolute atomic E-state index is 12.9. The summed E-state index contributed by atoms with van der Waals surface area (Å²) in [6, 6.07) is 25.7. The highest BCUT2D eigenvalue weighted by atomic mass is 32.2. The Balaban J connectivity index is 1.54. The van der Waals surface area contributed by atoms with Crippen LogP contribution < -0.4 is 0 Å². The molecule has 2 unspecified atom stereocenters. The molecule has 0 saturated carbocycles. The molecule has 3 aromatic rings. The molecule has 1 radical (unpaired) electrons. The van der Waals surface area contributed by atoms with Gasteiger partial charge in [0.25, 0.3) is 0 Å². The van der Waals surface area contributed by atoms with E-state index in [1.165, 1.54) is 53.0 Å². The van der Waals surface area contributed by atoms with Crippen LogP contribution in [0.25, 0.3) is 6.08 Å². The molecular formula is C29H31OS. The molecule has 0 spiro atoms.